The van der Waals surface area contributed by atoms with Crippen LogP contribution < -0.4 is 10.6 Å². The molecule has 3 heteroatoms. The van der Waals surface area contributed by atoms with Gasteiger partial charge in [0.15, 0.2) is 0 Å². The first kappa shape index (κ1) is 5.62. The number of alkyl halides is 1. The maximum Gasteiger partial charge on any atom is 0.129 e. The highest BCUT2D eigenvalue weighted by Crippen LogP contribution is 2.18. The van der Waals surface area contributed by atoms with Crippen molar-refractivity contribution in [2.45, 2.75) is 24.7 Å². The fourth-order valence-corrected chi connectivity index (χ4v) is 1.73. The van der Waals surface area contributed by atoms with Crippen LogP contribution in [0.1, 0.15) is 6.42 Å². The minimum atomic E-state index is -0.655. The van der Waals surface area contributed by atoms with Crippen molar-refractivity contribution in [3.05, 3.63) is 0 Å². The molecular formula is C6H11FN2. The van der Waals surface area contributed by atoms with Gasteiger partial charge in [-0.1, -0.05) is 0 Å². The lowest BCUT2D eigenvalue weighted by molar-refractivity contribution is 0.308. The Morgan fingerprint density at radius 2 is 2.22 bits per heavy atom. The molecule has 2 N–H and O–H groups in total. The lowest BCUT2D eigenvalue weighted by atomic mass is 10.1. The van der Waals surface area contributed by atoms with Gasteiger partial charge in [0.1, 0.15) is 6.17 Å². The second kappa shape index (κ2) is 1.92. The molecule has 2 aliphatic rings. The lowest BCUT2D eigenvalue weighted by Gasteiger charge is -2.08. The van der Waals surface area contributed by atoms with Crippen LogP contribution in [0.4, 0.5) is 4.39 Å². The Morgan fingerprint density at radius 3 is 3.00 bits per heavy atom. The van der Waals surface area contributed by atoms with E-state index in [1.165, 1.54) is 0 Å². The van der Waals surface area contributed by atoms with Crippen molar-refractivity contribution in [2.75, 3.05) is 13.1 Å². The van der Waals surface area contributed by atoms with Crippen molar-refractivity contribution < 1.29 is 4.39 Å². The Bertz CT molecular complexity index is 118. The molecule has 0 bridgehead atoms. The van der Waals surface area contributed by atoms with Crippen LogP contribution in [-0.4, -0.2) is 31.3 Å². The summed E-state index contributed by atoms with van der Waals surface area (Å²) in [5.74, 6) is 0. The highest BCUT2D eigenvalue weighted by molar-refractivity contribution is 5.00. The second-order valence-electron chi connectivity index (χ2n) is 2.80. The molecule has 2 rings (SSSR count). The molecule has 2 heterocycles. The van der Waals surface area contributed by atoms with Crippen LogP contribution in [0.2, 0.25) is 0 Å². The molecule has 3 atom stereocenters. The normalized spacial score (nSPS) is 49.7. The summed E-state index contributed by atoms with van der Waals surface area (Å²) in [5.41, 5.74) is 0. The first-order valence-electron chi connectivity index (χ1n) is 3.49. The van der Waals surface area contributed by atoms with E-state index >= 15 is 0 Å². The molecule has 2 nitrogen and oxygen atoms in total. The van der Waals surface area contributed by atoms with Crippen molar-refractivity contribution in [3.8, 4) is 0 Å². The monoisotopic (exact) mass is 130 g/mol. The largest absolute Gasteiger partial charge is 0.310 e. The van der Waals surface area contributed by atoms with E-state index in [9.17, 15) is 4.39 Å². The molecule has 9 heavy (non-hydrogen) atoms. The Labute approximate surface area is 53.8 Å². The number of halogens is 1. The number of fused-ring (bicyclic) bond motifs is 1. The van der Waals surface area contributed by atoms with Gasteiger partial charge in [-0.2, -0.15) is 0 Å². The van der Waals surface area contributed by atoms with E-state index in [0.717, 1.165) is 13.0 Å². The molecule has 0 aromatic rings. The summed E-state index contributed by atoms with van der Waals surface area (Å²) in [7, 11) is 0. The molecule has 0 radical (unpaired) electrons. The molecule has 0 aromatic carbocycles. The zero-order valence-electron chi connectivity index (χ0n) is 5.23. The molecule has 2 saturated heterocycles. The fourth-order valence-electron chi connectivity index (χ4n) is 1.73. The molecule has 0 aromatic heterocycles. The van der Waals surface area contributed by atoms with Crippen LogP contribution in [0.3, 0.4) is 0 Å². The Balaban J connectivity index is 2.07. The van der Waals surface area contributed by atoms with Crippen molar-refractivity contribution in [1.29, 1.82) is 0 Å². The van der Waals surface area contributed by atoms with Crippen LogP contribution >= 0.6 is 0 Å². The van der Waals surface area contributed by atoms with Crippen LogP contribution in [0.15, 0.2) is 0 Å². The Kier molecular flexibility index (Phi) is 1.20. The van der Waals surface area contributed by atoms with Crippen LogP contribution in [0, 0.1) is 0 Å². The zero-order chi connectivity index (χ0) is 6.27. The van der Waals surface area contributed by atoms with E-state index in [-0.39, 0.29) is 6.04 Å². The van der Waals surface area contributed by atoms with Crippen molar-refractivity contribution in [3.63, 3.8) is 0 Å². The third-order valence-corrected chi connectivity index (χ3v) is 2.23. The number of rotatable bonds is 0. The molecule has 0 amide bonds. The predicted molar refractivity (Wildman–Crippen MR) is 33.1 cm³/mol. The van der Waals surface area contributed by atoms with E-state index in [2.05, 4.69) is 10.6 Å². The van der Waals surface area contributed by atoms with Gasteiger partial charge >= 0.3 is 0 Å². The minimum Gasteiger partial charge on any atom is -0.310 e. The van der Waals surface area contributed by atoms with Gasteiger partial charge in [0.25, 0.3) is 0 Å². The predicted octanol–water partition coefficient (Wildman–Crippen LogP) is -0.342. The molecule has 2 aliphatic heterocycles. The summed E-state index contributed by atoms with van der Waals surface area (Å²) in [6.07, 6.45) is 0.433. The van der Waals surface area contributed by atoms with Gasteiger partial charge in [0.2, 0.25) is 0 Å². The highest BCUT2D eigenvalue weighted by atomic mass is 19.1. The third-order valence-electron chi connectivity index (χ3n) is 2.23. The number of nitrogens with one attached hydrogen (secondary N) is 2. The first-order valence-corrected chi connectivity index (χ1v) is 3.49. The van der Waals surface area contributed by atoms with Crippen LogP contribution in [0.25, 0.3) is 0 Å². The maximum absolute atomic E-state index is 12.8. The lowest BCUT2D eigenvalue weighted by Crippen LogP contribution is -2.34. The molecule has 0 saturated carbocycles. The standard InChI is InChI=1S/C6H11FN2/c7-4-3-9-5-1-2-8-6(4)5/h4-6,8-9H,1-3H2/t4?,5-,6-/m0/s1. The summed E-state index contributed by atoms with van der Waals surface area (Å²) in [4.78, 5) is 0. The molecule has 0 aliphatic carbocycles. The summed E-state index contributed by atoms with van der Waals surface area (Å²) >= 11 is 0. The molecular weight excluding hydrogens is 119 g/mol. The van der Waals surface area contributed by atoms with E-state index in [0.29, 0.717) is 12.6 Å². The summed E-state index contributed by atoms with van der Waals surface area (Å²) in [6, 6.07) is 0.532. The maximum atomic E-state index is 12.8. The second-order valence-corrected chi connectivity index (χ2v) is 2.80. The van der Waals surface area contributed by atoms with E-state index in [1.54, 1.807) is 0 Å². The van der Waals surface area contributed by atoms with Gasteiger partial charge in [0.05, 0.1) is 6.04 Å². The SMILES string of the molecule is FC1CN[C@H]2CCN[C@@H]12. The van der Waals surface area contributed by atoms with Gasteiger partial charge in [-0.15, -0.1) is 0 Å². The third kappa shape index (κ3) is 0.756. The average Bonchev–Trinajstić information content (AvgIpc) is 2.35. The Hall–Kier alpha value is -0.150. The van der Waals surface area contributed by atoms with Crippen LogP contribution in [0.5, 0.6) is 0 Å². The summed E-state index contributed by atoms with van der Waals surface area (Å²) in [5, 5.41) is 6.26. The topological polar surface area (TPSA) is 24.1 Å². The fraction of sp³-hybridized carbons (Fsp3) is 1.00. The molecule has 52 valence electrons. The first-order chi connectivity index (χ1) is 4.38. The van der Waals surface area contributed by atoms with E-state index in [4.69, 9.17) is 0 Å². The number of hydrogen-bond donors (Lipinski definition) is 2. The van der Waals surface area contributed by atoms with Crippen molar-refractivity contribution >= 4 is 0 Å². The smallest absolute Gasteiger partial charge is 0.129 e. The van der Waals surface area contributed by atoms with E-state index < -0.39 is 6.17 Å². The minimum absolute atomic E-state index is 0.116. The number of hydrogen-bond acceptors (Lipinski definition) is 2. The van der Waals surface area contributed by atoms with Crippen LogP contribution in [-0.2, 0) is 0 Å². The van der Waals surface area contributed by atoms with Crippen molar-refractivity contribution in [2.24, 2.45) is 0 Å². The zero-order valence-corrected chi connectivity index (χ0v) is 5.23. The van der Waals surface area contributed by atoms with E-state index in [1.807, 2.05) is 0 Å². The van der Waals surface area contributed by atoms with Gasteiger partial charge in [-0.25, -0.2) is 4.39 Å². The van der Waals surface area contributed by atoms with Gasteiger partial charge in [-0.3, -0.25) is 0 Å². The van der Waals surface area contributed by atoms with Gasteiger partial charge < -0.3 is 10.6 Å². The van der Waals surface area contributed by atoms with Gasteiger partial charge in [0, 0.05) is 12.6 Å². The van der Waals surface area contributed by atoms with Gasteiger partial charge in [-0.05, 0) is 13.0 Å². The average molecular weight is 130 g/mol. The quantitative estimate of drug-likeness (QED) is 0.468. The molecule has 0 spiro atoms. The summed E-state index contributed by atoms with van der Waals surface area (Å²) < 4.78 is 12.8. The summed E-state index contributed by atoms with van der Waals surface area (Å²) in [6.45, 7) is 1.52. The highest BCUT2D eigenvalue weighted by Gasteiger charge is 2.38. The molecule has 2 fully saturated rings. The Morgan fingerprint density at radius 1 is 1.33 bits per heavy atom. The molecule has 1 unspecified atom stereocenters. The van der Waals surface area contributed by atoms with Crippen molar-refractivity contribution in [1.82, 2.24) is 10.6 Å².